The van der Waals surface area contributed by atoms with Crippen molar-refractivity contribution in [3.8, 4) is 0 Å². The number of carbonyl (C=O) groups excluding carboxylic acids is 1. The van der Waals surface area contributed by atoms with Gasteiger partial charge in [0.15, 0.2) is 17.4 Å². The van der Waals surface area contributed by atoms with Gasteiger partial charge in [0.05, 0.1) is 5.56 Å². The standard InChI is InChI=1S/C15H19F2NO/c1-11-4-3-8-18(10-11)9-7-14(19)12-5-2-6-13(16)15(12)17/h2,5-6,11H,3-4,7-10H2,1H3. The Balaban J connectivity index is 1.92. The van der Waals surface area contributed by atoms with Crippen molar-refractivity contribution in [2.24, 2.45) is 5.92 Å². The van der Waals surface area contributed by atoms with Gasteiger partial charge in [-0.3, -0.25) is 4.79 Å². The third-order valence-electron chi connectivity index (χ3n) is 3.65. The van der Waals surface area contributed by atoms with Crippen LogP contribution in [0.5, 0.6) is 0 Å². The smallest absolute Gasteiger partial charge is 0.169 e. The van der Waals surface area contributed by atoms with Crippen LogP contribution < -0.4 is 0 Å². The van der Waals surface area contributed by atoms with Crippen molar-refractivity contribution in [3.63, 3.8) is 0 Å². The van der Waals surface area contributed by atoms with Crippen LogP contribution in [0, 0.1) is 17.6 Å². The Morgan fingerprint density at radius 1 is 1.42 bits per heavy atom. The van der Waals surface area contributed by atoms with E-state index in [1.165, 1.54) is 18.6 Å². The summed E-state index contributed by atoms with van der Waals surface area (Å²) >= 11 is 0. The van der Waals surface area contributed by atoms with Crippen molar-refractivity contribution in [2.75, 3.05) is 19.6 Å². The monoisotopic (exact) mass is 267 g/mol. The molecule has 19 heavy (non-hydrogen) atoms. The van der Waals surface area contributed by atoms with E-state index in [1.807, 2.05) is 0 Å². The van der Waals surface area contributed by atoms with E-state index in [0.717, 1.165) is 25.6 Å². The maximum absolute atomic E-state index is 13.5. The SMILES string of the molecule is CC1CCCN(CCC(=O)c2cccc(F)c2F)C1. The Hall–Kier alpha value is -1.29. The molecular formula is C15H19F2NO. The molecule has 1 heterocycles. The number of nitrogens with zero attached hydrogens (tertiary/aromatic N) is 1. The predicted octanol–water partition coefficient (Wildman–Crippen LogP) is 3.27. The molecule has 0 spiro atoms. The Labute approximate surface area is 112 Å². The molecule has 2 rings (SSSR count). The van der Waals surface area contributed by atoms with Gasteiger partial charge < -0.3 is 4.90 Å². The second-order valence-electron chi connectivity index (χ2n) is 5.32. The van der Waals surface area contributed by atoms with Crippen LogP contribution >= 0.6 is 0 Å². The molecular weight excluding hydrogens is 248 g/mol. The molecule has 4 heteroatoms. The number of ketones is 1. The molecule has 0 N–H and O–H groups in total. The second-order valence-corrected chi connectivity index (χ2v) is 5.32. The van der Waals surface area contributed by atoms with Crippen molar-refractivity contribution in [1.82, 2.24) is 4.90 Å². The van der Waals surface area contributed by atoms with E-state index in [2.05, 4.69) is 11.8 Å². The molecule has 0 saturated carbocycles. The summed E-state index contributed by atoms with van der Waals surface area (Å²) in [6.45, 7) is 4.79. The fourth-order valence-corrected chi connectivity index (χ4v) is 2.60. The van der Waals surface area contributed by atoms with Crippen LogP contribution in [0.1, 0.15) is 36.5 Å². The summed E-state index contributed by atoms with van der Waals surface area (Å²) in [4.78, 5) is 14.1. The summed E-state index contributed by atoms with van der Waals surface area (Å²) in [6.07, 6.45) is 2.61. The van der Waals surface area contributed by atoms with Gasteiger partial charge in [-0.2, -0.15) is 0 Å². The molecule has 1 aliphatic heterocycles. The number of carbonyl (C=O) groups is 1. The number of rotatable bonds is 4. The summed E-state index contributed by atoms with van der Waals surface area (Å²) in [5.74, 6) is -1.66. The van der Waals surface area contributed by atoms with Crippen LogP contribution in [0.15, 0.2) is 18.2 Å². The van der Waals surface area contributed by atoms with E-state index in [9.17, 15) is 13.6 Å². The first kappa shape index (κ1) is 14.1. The summed E-state index contributed by atoms with van der Waals surface area (Å²) in [5.41, 5.74) is -0.134. The molecule has 104 valence electrons. The largest absolute Gasteiger partial charge is 0.303 e. The minimum Gasteiger partial charge on any atom is -0.303 e. The van der Waals surface area contributed by atoms with Crippen molar-refractivity contribution in [3.05, 3.63) is 35.4 Å². The first-order valence-electron chi connectivity index (χ1n) is 6.77. The zero-order valence-corrected chi connectivity index (χ0v) is 11.2. The van der Waals surface area contributed by atoms with Crippen molar-refractivity contribution in [1.29, 1.82) is 0 Å². The molecule has 0 aliphatic carbocycles. The van der Waals surface area contributed by atoms with Gasteiger partial charge in [-0.05, 0) is 37.4 Å². The highest BCUT2D eigenvalue weighted by molar-refractivity contribution is 5.96. The predicted molar refractivity (Wildman–Crippen MR) is 70.1 cm³/mol. The molecule has 0 radical (unpaired) electrons. The van der Waals surface area contributed by atoms with Gasteiger partial charge in [-0.15, -0.1) is 0 Å². The minimum absolute atomic E-state index is 0.134. The summed E-state index contributed by atoms with van der Waals surface area (Å²) in [5, 5.41) is 0. The Morgan fingerprint density at radius 3 is 2.95 bits per heavy atom. The molecule has 1 aromatic carbocycles. The van der Waals surface area contributed by atoms with Gasteiger partial charge in [0.2, 0.25) is 0 Å². The van der Waals surface area contributed by atoms with Crippen LogP contribution in [0.4, 0.5) is 8.78 Å². The highest BCUT2D eigenvalue weighted by Gasteiger charge is 2.19. The van der Waals surface area contributed by atoms with E-state index in [-0.39, 0.29) is 17.8 Å². The quantitative estimate of drug-likeness (QED) is 0.780. The van der Waals surface area contributed by atoms with Gasteiger partial charge in [0.1, 0.15) is 0 Å². The van der Waals surface area contributed by atoms with E-state index in [0.29, 0.717) is 12.5 Å². The molecule has 1 fully saturated rings. The van der Waals surface area contributed by atoms with Crippen LogP contribution in [-0.4, -0.2) is 30.3 Å². The number of hydrogen-bond donors (Lipinski definition) is 0. The Morgan fingerprint density at radius 2 is 2.21 bits per heavy atom. The lowest BCUT2D eigenvalue weighted by molar-refractivity contribution is 0.0944. The highest BCUT2D eigenvalue weighted by atomic mass is 19.2. The number of benzene rings is 1. The second kappa shape index (κ2) is 6.24. The van der Waals surface area contributed by atoms with Crippen LogP contribution in [0.2, 0.25) is 0 Å². The molecule has 1 aromatic rings. The number of halogens is 2. The number of likely N-dealkylation sites (tertiary alicyclic amines) is 1. The highest BCUT2D eigenvalue weighted by Crippen LogP contribution is 2.17. The van der Waals surface area contributed by atoms with Crippen LogP contribution in [-0.2, 0) is 0 Å². The van der Waals surface area contributed by atoms with Crippen LogP contribution in [0.3, 0.4) is 0 Å². The summed E-state index contributed by atoms with van der Waals surface area (Å²) in [7, 11) is 0. The average molecular weight is 267 g/mol. The van der Waals surface area contributed by atoms with Gasteiger partial charge in [-0.1, -0.05) is 13.0 Å². The van der Waals surface area contributed by atoms with E-state index < -0.39 is 11.6 Å². The molecule has 0 bridgehead atoms. The molecule has 0 aromatic heterocycles. The lowest BCUT2D eigenvalue weighted by atomic mass is 9.99. The Kier molecular flexibility index (Phi) is 4.64. The van der Waals surface area contributed by atoms with Gasteiger partial charge >= 0.3 is 0 Å². The number of hydrogen-bond acceptors (Lipinski definition) is 2. The lowest BCUT2D eigenvalue weighted by Crippen LogP contribution is -2.35. The fraction of sp³-hybridized carbons (Fsp3) is 0.533. The topological polar surface area (TPSA) is 20.3 Å². The number of piperidine rings is 1. The number of Topliss-reactive ketones (excluding diaryl/α,β-unsaturated/α-hetero) is 1. The van der Waals surface area contributed by atoms with Crippen LogP contribution in [0.25, 0.3) is 0 Å². The molecule has 1 atom stereocenters. The molecule has 2 nitrogen and oxygen atoms in total. The van der Waals surface area contributed by atoms with Gasteiger partial charge in [0.25, 0.3) is 0 Å². The average Bonchev–Trinajstić information content (AvgIpc) is 2.39. The maximum Gasteiger partial charge on any atom is 0.169 e. The van der Waals surface area contributed by atoms with Gasteiger partial charge in [-0.25, -0.2) is 8.78 Å². The van der Waals surface area contributed by atoms with E-state index in [4.69, 9.17) is 0 Å². The molecule has 1 unspecified atom stereocenters. The van der Waals surface area contributed by atoms with Crippen molar-refractivity contribution >= 4 is 5.78 Å². The van der Waals surface area contributed by atoms with Gasteiger partial charge in [0, 0.05) is 19.5 Å². The zero-order chi connectivity index (χ0) is 13.8. The van der Waals surface area contributed by atoms with Crippen molar-refractivity contribution < 1.29 is 13.6 Å². The fourth-order valence-electron chi connectivity index (χ4n) is 2.60. The van der Waals surface area contributed by atoms with Crippen molar-refractivity contribution in [2.45, 2.75) is 26.2 Å². The van der Waals surface area contributed by atoms with E-state index in [1.54, 1.807) is 0 Å². The zero-order valence-electron chi connectivity index (χ0n) is 11.2. The molecule has 0 amide bonds. The third-order valence-corrected chi connectivity index (χ3v) is 3.65. The summed E-state index contributed by atoms with van der Waals surface area (Å²) in [6, 6.07) is 3.74. The Bertz CT molecular complexity index is 461. The molecule has 1 saturated heterocycles. The normalized spacial score (nSPS) is 20.5. The lowest BCUT2D eigenvalue weighted by Gasteiger charge is -2.30. The maximum atomic E-state index is 13.5. The first-order valence-corrected chi connectivity index (χ1v) is 6.77. The summed E-state index contributed by atoms with van der Waals surface area (Å²) < 4.78 is 26.5. The third kappa shape index (κ3) is 3.60. The molecule has 1 aliphatic rings. The van der Waals surface area contributed by atoms with E-state index >= 15 is 0 Å². The minimum atomic E-state index is -1.03. The first-order chi connectivity index (χ1) is 9.08.